The van der Waals surface area contributed by atoms with Crippen LogP contribution in [-0.4, -0.2) is 57.6 Å². The third kappa shape index (κ3) is 3.32. The zero-order chi connectivity index (χ0) is 17.0. The zero-order valence-electron chi connectivity index (χ0n) is 13.8. The number of amides is 2. The lowest BCUT2D eigenvalue weighted by molar-refractivity contribution is 0.0273. The lowest BCUT2D eigenvalue weighted by Gasteiger charge is -2.40. The van der Waals surface area contributed by atoms with Gasteiger partial charge in [0.05, 0.1) is 25.9 Å². The van der Waals surface area contributed by atoms with E-state index in [2.05, 4.69) is 5.32 Å². The third-order valence-corrected chi connectivity index (χ3v) is 4.69. The standard InChI is InChI=1S/C17H23FN2O4/c1-22-14-4-2-3-13(15(14)18)17(5-9-23-10-6-17)19-16(21)20-7-11-24-12-8-20/h2-4H,5-12H2,1H3,(H,19,21). The lowest BCUT2D eigenvalue weighted by Crippen LogP contribution is -2.56. The molecule has 0 unspecified atom stereocenters. The highest BCUT2D eigenvalue weighted by Gasteiger charge is 2.40. The maximum absolute atomic E-state index is 14.8. The van der Waals surface area contributed by atoms with Gasteiger partial charge in [0.25, 0.3) is 0 Å². The van der Waals surface area contributed by atoms with Gasteiger partial charge < -0.3 is 24.4 Å². The Labute approximate surface area is 140 Å². The van der Waals surface area contributed by atoms with Crippen LogP contribution in [0.15, 0.2) is 18.2 Å². The van der Waals surface area contributed by atoms with Gasteiger partial charge in [-0.25, -0.2) is 9.18 Å². The van der Waals surface area contributed by atoms with Crippen molar-refractivity contribution in [3.05, 3.63) is 29.6 Å². The van der Waals surface area contributed by atoms with Crippen molar-refractivity contribution in [2.45, 2.75) is 18.4 Å². The Morgan fingerprint density at radius 1 is 1.21 bits per heavy atom. The number of halogens is 1. The summed E-state index contributed by atoms with van der Waals surface area (Å²) in [6, 6.07) is 4.84. The summed E-state index contributed by atoms with van der Waals surface area (Å²) in [5, 5.41) is 3.07. The van der Waals surface area contributed by atoms with Crippen LogP contribution >= 0.6 is 0 Å². The minimum absolute atomic E-state index is 0.180. The minimum atomic E-state index is -0.785. The first-order valence-corrected chi connectivity index (χ1v) is 8.22. The van der Waals surface area contributed by atoms with Crippen molar-refractivity contribution in [2.24, 2.45) is 0 Å². The summed E-state index contributed by atoms with van der Waals surface area (Å²) in [6.45, 7) is 3.08. The van der Waals surface area contributed by atoms with Gasteiger partial charge in [0, 0.05) is 31.9 Å². The molecule has 2 fully saturated rings. The molecular formula is C17H23FN2O4. The molecule has 2 aliphatic heterocycles. The van der Waals surface area contributed by atoms with Crippen molar-refractivity contribution in [3.63, 3.8) is 0 Å². The number of morpholine rings is 1. The number of ether oxygens (including phenoxy) is 3. The van der Waals surface area contributed by atoms with Crippen LogP contribution in [0.4, 0.5) is 9.18 Å². The first-order chi connectivity index (χ1) is 11.7. The molecule has 0 saturated carbocycles. The van der Waals surface area contributed by atoms with E-state index in [-0.39, 0.29) is 11.8 Å². The summed E-state index contributed by atoms with van der Waals surface area (Å²) >= 11 is 0. The fourth-order valence-electron chi connectivity index (χ4n) is 3.27. The zero-order valence-corrected chi connectivity index (χ0v) is 13.8. The predicted molar refractivity (Wildman–Crippen MR) is 85.6 cm³/mol. The van der Waals surface area contributed by atoms with Crippen molar-refractivity contribution in [3.8, 4) is 5.75 Å². The van der Waals surface area contributed by atoms with Gasteiger partial charge in [-0.05, 0) is 18.9 Å². The number of carbonyl (C=O) groups is 1. The van der Waals surface area contributed by atoms with Gasteiger partial charge in [0.2, 0.25) is 0 Å². The summed E-state index contributed by atoms with van der Waals surface area (Å²) in [5.74, 6) is -0.247. The normalized spacial score (nSPS) is 20.5. The van der Waals surface area contributed by atoms with Crippen LogP contribution in [0.5, 0.6) is 5.75 Å². The van der Waals surface area contributed by atoms with Crippen LogP contribution in [-0.2, 0) is 15.0 Å². The minimum Gasteiger partial charge on any atom is -0.494 e. The molecule has 0 bridgehead atoms. The van der Waals surface area contributed by atoms with E-state index in [4.69, 9.17) is 14.2 Å². The monoisotopic (exact) mass is 338 g/mol. The molecule has 0 aliphatic carbocycles. The summed E-state index contributed by atoms with van der Waals surface area (Å²) in [7, 11) is 1.44. The van der Waals surface area contributed by atoms with Crippen LogP contribution in [0.2, 0.25) is 0 Å². The number of urea groups is 1. The van der Waals surface area contributed by atoms with Crippen LogP contribution in [0.25, 0.3) is 0 Å². The SMILES string of the molecule is COc1cccc(C2(NC(=O)N3CCOCC3)CCOCC2)c1F. The molecule has 132 valence electrons. The van der Waals surface area contributed by atoms with Crippen LogP contribution in [0.3, 0.4) is 0 Å². The molecule has 0 radical (unpaired) electrons. The third-order valence-electron chi connectivity index (χ3n) is 4.69. The van der Waals surface area contributed by atoms with Crippen molar-refractivity contribution in [2.75, 3.05) is 46.6 Å². The number of hydrogen-bond acceptors (Lipinski definition) is 4. The summed E-state index contributed by atoms with van der Waals surface area (Å²) < 4.78 is 30.7. The number of hydrogen-bond donors (Lipinski definition) is 1. The van der Waals surface area contributed by atoms with Crippen LogP contribution in [0.1, 0.15) is 18.4 Å². The summed E-state index contributed by atoms with van der Waals surface area (Å²) in [4.78, 5) is 14.4. The largest absolute Gasteiger partial charge is 0.494 e. The first kappa shape index (κ1) is 17.0. The Hall–Kier alpha value is -1.86. The fourth-order valence-corrected chi connectivity index (χ4v) is 3.27. The predicted octanol–water partition coefficient (Wildman–Crippen LogP) is 1.88. The molecule has 0 spiro atoms. The highest BCUT2D eigenvalue weighted by molar-refractivity contribution is 5.75. The van der Waals surface area contributed by atoms with E-state index in [1.165, 1.54) is 7.11 Å². The van der Waals surface area contributed by atoms with E-state index >= 15 is 0 Å². The molecule has 2 amide bonds. The molecule has 0 aromatic heterocycles. The van der Waals surface area contributed by atoms with E-state index in [1.807, 2.05) is 0 Å². The van der Waals surface area contributed by atoms with Crippen molar-refractivity contribution < 1.29 is 23.4 Å². The maximum Gasteiger partial charge on any atom is 0.318 e. The topological polar surface area (TPSA) is 60.0 Å². The number of carbonyl (C=O) groups excluding carboxylic acids is 1. The molecule has 24 heavy (non-hydrogen) atoms. The Bertz CT molecular complexity index is 584. The summed E-state index contributed by atoms with van der Waals surface area (Å²) in [5.41, 5.74) is -0.335. The van der Waals surface area contributed by atoms with Crippen molar-refractivity contribution in [1.29, 1.82) is 0 Å². The number of methoxy groups -OCH3 is 1. The van der Waals surface area contributed by atoms with Gasteiger partial charge >= 0.3 is 6.03 Å². The van der Waals surface area contributed by atoms with E-state index in [1.54, 1.807) is 23.1 Å². The second kappa shape index (κ2) is 7.36. The van der Waals surface area contributed by atoms with E-state index in [0.29, 0.717) is 57.9 Å². The van der Waals surface area contributed by atoms with Crippen molar-refractivity contribution >= 4 is 6.03 Å². The first-order valence-electron chi connectivity index (χ1n) is 8.22. The van der Waals surface area contributed by atoms with Crippen LogP contribution in [0, 0.1) is 5.82 Å². The molecule has 1 N–H and O–H groups in total. The van der Waals surface area contributed by atoms with E-state index < -0.39 is 11.4 Å². The Morgan fingerprint density at radius 3 is 2.54 bits per heavy atom. The Morgan fingerprint density at radius 2 is 1.88 bits per heavy atom. The lowest BCUT2D eigenvalue weighted by atomic mass is 9.82. The Kier molecular flexibility index (Phi) is 5.20. The van der Waals surface area contributed by atoms with Gasteiger partial charge in [-0.3, -0.25) is 0 Å². The molecule has 3 rings (SSSR count). The average molecular weight is 338 g/mol. The molecule has 2 heterocycles. The number of nitrogens with one attached hydrogen (secondary N) is 1. The molecule has 0 atom stereocenters. The average Bonchev–Trinajstić information content (AvgIpc) is 2.63. The van der Waals surface area contributed by atoms with Crippen molar-refractivity contribution in [1.82, 2.24) is 10.2 Å². The second-order valence-corrected chi connectivity index (χ2v) is 6.05. The fraction of sp³-hybridized carbons (Fsp3) is 0.588. The van der Waals surface area contributed by atoms with E-state index in [0.717, 1.165) is 0 Å². The molecule has 1 aromatic rings. The highest BCUT2D eigenvalue weighted by atomic mass is 19.1. The number of benzene rings is 1. The quantitative estimate of drug-likeness (QED) is 0.914. The Balaban J connectivity index is 1.89. The van der Waals surface area contributed by atoms with Gasteiger partial charge in [-0.2, -0.15) is 0 Å². The maximum atomic E-state index is 14.8. The van der Waals surface area contributed by atoms with Crippen LogP contribution < -0.4 is 10.1 Å². The van der Waals surface area contributed by atoms with Gasteiger partial charge in [0.15, 0.2) is 11.6 Å². The molecule has 2 aliphatic rings. The second-order valence-electron chi connectivity index (χ2n) is 6.05. The smallest absolute Gasteiger partial charge is 0.318 e. The number of rotatable bonds is 3. The van der Waals surface area contributed by atoms with Gasteiger partial charge in [-0.15, -0.1) is 0 Å². The molecule has 2 saturated heterocycles. The molecule has 1 aromatic carbocycles. The van der Waals surface area contributed by atoms with E-state index in [9.17, 15) is 9.18 Å². The highest BCUT2D eigenvalue weighted by Crippen LogP contribution is 2.36. The summed E-state index contributed by atoms with van der Waals surface area (Å²) in [6.07, 6.45) is 1.04. The van der Waals surface area contributed by atoms with Gasteiger partial charge in [-0.1, -0.05) is 12.1 Å². The number of nitrogens with zero attached hydrogens (tertiary/aromatic N) is 1. The molecule has 7 heteroatoms. The molecule has 6 nitrogen and oxygen atoms in total. The molecular weight excluding hydrogens is 315 g/mol. The van der Waals surface area contributed by atoms with Gasteiger partial charge in [0.1, 0.15) is 0 Å².